The van der Waals surface area contributed by atoms with Gasteiger partial charge in [0.15, 0.2) is 5.82 Å². The zero-order chi connectivity index (χ0) is 15.8. The highest BCUT2D eigenvalue weighted by molar-refractivity contribution is 8.00. The first kappa shape index (κ1) is 17.2. The smallest absolute Gasteiger partial charge is 0.328 e. The molecule has 3 N–H and O–H groups in total. The number of thioether (sulfide) groups is 1. The quantitative estimate of drug-likeness (QED) is 0.568. The molecule has 1 unspecified atom stereocenters. The molecule has 0 aromatic carbocycles. The Morgan fingerprint density at radius 1 is 1.38 bits per heavy atom. The second-order valence-corrected chi connectivity index (χ2v) is 5.77. The van der Waals surface area contributed by atoms with Crippen LogP contribution in [0.1, 0.15) is 20.3 Å². The standard InChI is InChI=1S/C13H20N4O3S/c1-8(2)6-9(13(19)20-3)17-10(18)7-21-12-11(14)15-4-5-16-12/h4-5,8-9H,6-7H2,1-3H3,(H2,14,15)(H,17,18). The third-order valence-electron chi connectivity index (χ3n) is 2.56. The molecule has 21 heavy (non-hydrogen) atoms. The van der Waals surface area contributed by atoms with E-state index in [1.54, 1.807) is 0 Å². The molecule has 0 aliphatic carbocycles. The minimum Gasteiger partial charge on any atom is -0.467 e. The van der Waals surface area contributed by atoms with E-state index in [1.165, 1.54) is 31.3 Å². The summed E-state index contributed by atoms with van der Waals surface area (Å²) in [5.74, 6) is -0.0732. The molecule has 0 saturated heterocycles. The number of nitrogens with two attached hydrogens (primary N) is 1. The molecule has 7 nitrogen and oxygen atoms in total. The highest BCUT2D eigenvalue weighted by Crippen LogP contribution is 2.19. The Balaban J connectivity index is 2.54. The van der Waals surface area contributed by atoms with Gasteiger partial charge in [-0.1, -0.05) is 25.6 Å². The summed E-state index contributed by atoms with van der Waals surface area (Å²) in [6.07, 6.45) is 3.51. The van der Waals surface area contributed by atoms with E-state index >= 15 is 0 Å². The van der Waals surface area contributed by atoms with Crippen molar-refractivity contribution in [2.75, 3.05) is 18.6 Å². The van der Waals surface area contributed by atoms with Gasteiger partial charge >= 0.3 is 5.97 Å². The number of anilines is 1. The highest BCUT2D eigenvalue weighted by atomic mass is 32.2. The summed E-state index contributed by atoms with van der Waals surface area (Å²) >= 11 is 1.17. The predicted octanol–water partition coefficient (Wildman–Crippen LogP) is 0.855. The zero-order valence-corrected chi connectivity index (χ0v) is 13.1. The molecule has 116 valence electrons. The molecular weight excluding hydrogens is 292 g/mol. The van der Waals surface area contributed by atoms with E-state index in [1.807, 2.05) is 13.8 Å². The summed E-state index contributed by atoms with van der Waals surface area (Å²) in [6, 6.07) is -0.637. The van der Waals surface area contributed by atoms with Crippen molar-refractivity contribution in [1.29, 1.82) is 0 Å². The van der Waals surface area contributed by atoms with Crippen LogP contribution in [0, 0.1) is 5.92 Å². The third kappa shape index (κ3) is 5.99. The molecule has 1 rings (SSSR count). The van der Waals surface area contributed by atoms with Crippen LogP contribution in [-0.4, -0.2) is 40.7 Å². The molecule has 1 heterocycles. The van der Waals surface area contributed by atoms with E-state index < -0.39 is 12.0 Å². The molecule has 1 atom stereocenters. The number of carbonyl (C=O) groups excluding carboxylic acids is 2. The number of nitrogens with zero attached hydrogens (tertiary/aromatic N) is 2. The predicted molar refractivity (Wildman–Crippen MR) is 80.6 cm³/mol. The zero-order valence-electron chi connectivity index (χ0n) is 12.3. The second-order valence-electron chi connectivity index (χ2n) is 4.81. The molecule has 1 amide bonds. The van der Waals surface area contributed by atoms with Crippen LogP contribution in [0.2, 0.25) is 0 Å². The van der Waals surface area contributed by atoms with Crippen molar-refractivity contribution in [2.24, 2.45) is 5.92 Å². The van der Waals surface area contributed by atoms with Crippen molar-refractivity contribution in [1.82, 2.24) is 15.3 Å². The monoisotopic (exact) mass is 312 g/mol. The molecule has 0 bridgehead atoms. The van der Waals surface area contributed by atoms with Crippen molar-refractivity contribution in [3.8, 4) is 0 Å². The van der Waals surface area contributed by atoms with Crippen molar-refractivity contribution < 1.29 is 14.3 Å². The Hall–Kier alpha value is -1.83. The van der Waals surface area contributed by atoms with Gasteiger partial charge in [-0.2, -0.15) is 0 Å². The first-order chi connectivity index (χ1) is 9.93. The van der Waals surface area contributed by atoms with Crippen LogP contribution >= 0.6 is 11.8 Å². The minimum absolute atomic E-state index is 0.106. The van der Waals surface area contributed by atoms with Gasteiger partial charge in [0, 0.05) is 12.4 Å². The Kier molecular flexibility index (Phi) is 6.93. The summed E-state index contributed by atoms with van der Waals surface area (Å²) in [5.41, 5.74) is 5.64. The van der Waals surface area contributed by atoms with Gasteiger partial charge in [0.05, 0.1) is 12.9 Å². The molecule has 0 radical (unpaired) electrons. The lowest BCUT2D eigenvalue weighted by Crippen LogP contribution is -2.43. The molecule has 8 heteroatoms. The molecule has 0 aliphatic rings. The first-order valence-electron chi connectivity index (χ1n) is 6.50. The number of nitrogens with one attached hydrogen (secondary N) is 1. The van der Waals surface area contributed by atoms with Crippen LogP contribution in [0.3, 0.4) is 0 Å². The van der Waals surface area contributed by atoms with Gasteiger partial charge < -0.3 is 15.8 Å². The maximum atomic E-state index is 11.9. The van der Waals surface area contributed by atoms with Gasteiger partial charge in [-0.05, 0) is 12.3 Å². The Bertz CT molecular complexity index is 496. The second kappa shape index (κ2) is 8.46. The Morgan fingerprint density at radius 3 is 2.62 bits per heavy atom. The number of carbonyl (C=O) groups is 2. The van der Waals surface area contributed by atoms with Crippen molar-refractivity contribution in [2.45, 2.75) is 31.3 Å². The summed E-state index contributed by atoms with van der Waals surface area (Å²) in [7, 11) is 1.30. The summed E-state index contributed by atoms with van der Waals surface area (Å²) in [5, 5.41) is 3.16. The van der Waals surface area contributed by atoms with Crippen molar-refractivity contribution >= 4 is 29.5 Å². The maximum Gasteiger partial charge on any atom is 0.328 e. The van der Waals surface area contributed by atoms with Crippen LogP contribution in [0.15, 0.2) is 17.4 Å². The average Bonchev–Trinajstić information content (AvgIpc) is 2.44. The Morgan fingerprint density at radius 2 is 2.05 bits per heavy atom. The summed E-state index contributed by atoms with van der Waals surface area (Å²) in [6.45, 7) is 3.94. The van der Waals surface area contributed by atoms with Gasteiger partial charge in [0.1, 0.15) is 11.1 Å². The number of ether oxygens (including phenoxy) is 1. The lowest BCUT2D eigenvalue weighted by Gasteiger charge is -2.18. The number of hydrogen-bond donors (Lipinski definition) is 2. The first-order valence-corrected chi connectivity index (χ1v) is 7.49. The summed E-state index contributed by atoms with van der Waals surface area (Å²) in [4.78, 5) is 31.5. The van der Waals surface area contributed by atoms with Crippen LogP contribution in [0.4, 0.5) is 5.82 Å². The molecule has 1 aromatic rings. The number of esters is 1. The van der Waals surface area contributed by atoms with Gasteiger partial charge in [-0.15, -0.1) is 0 Å². The number of nitrogen functional groups attached to an aromatic ring is 1. The third-order valence-corrected chi connectivity index (χ3v) is 3.55. The maximum absolute atomic E-state index is 11.9. The van der Waals surface area contributed by atoms with E-state index in [0.717, 1.165) is 0 Å². The number of rotatable bonds is 7. The number of amides is 1. The molecule has 1 aromatic heterocycles. The molecule has 0 saturated carbocycles. The van der Waals surface area contributed by atoms with Gasteiger partial charge in [0.2, 0.25) is 5.91 Å². The molecule has 0 fully saturated rings. The Labute approximate surface area is 128 Å². The minimum atomic E-state index is -0.637. The van der Waals surface area contributed by atoms with Crippen LogP contribution in [0.5, 0.6) is 0 Å². The van der Waals surface area contributed by atoms with E-state index in [9.17, 15) is 9.59 Å². The van der Waals surface area contributed by atoms with Crippen LogP contribution in [0.25, 0.3) is 0 Å². The van der Waals surface area contributed by atoms with Gasteiger partial charge in [0.25, 0.3) is 0 Å². The topological polar surface area (TPSA) is 107 Å². The van der Waals surface area contributed by atoms with E-state index in [4.69, 9.17) is 10.5 Å². The molecule has 0 aliphatic heterocycles. The largest absolute Gasteiger partial charge is 0.467 e. The number of methoxy groups -OCH3 is 1. The average molecular weight is 312 g/mol. The molecular formula is C13H20N4O3S. The van der Waals surface area contributed by atoms with Gasteiger partial charge in [-0.3, -0.25) is 4.79 Å². The lowest BCUT2D eigenvalue weighted by molar-refractivity contribution is -0.145. The highest BCUT2D eigenvalue weighted by Gasteiger charge is 2.22. The lowest BCUT2D eigenvalue weighted by atomic mass is 10.0. The van der Waals surface area contributed by atoms with E-state index in [2.05, 4.69) is 15.3 Å². The SMILES string of the molecule is COC(=O)C(CC(C)C)NC(=O)CSc1nccnc1N. The fourth-order valence-corrected chi connectivity index (χ4v) is 2.33. The van der Waals surface area contributed by atoms with E-state index in [-0.39, 0.29) is 23.4 Å². The van der Waals surface area contributed by atoms with Crippen molar-refractivity contribution in [3.63, 3.8) is 0 Å². The van der Waals surface area contributed by atoms with Gasteiger partial charge in [-0.25, -0.2) is 14.8 Å². The normalized spacial score (nSPS) is 12.0. The summed E-state index contributed by atoms with van der Waals surface area (Å²) < 4.78 is 4.69. The van der Waals surface area contributed by atoms with E-state index in [0.29, 0.717) is 11.4 Å². The number of hydrogen-bond acceptors (Lipinski definition) is 7. The molecule has 0 spiro atoms. The van der Waals surface area contributed by atoms with Crippen LogP contribution in [-0.2, 0) is 14.3 Å². The number of aromatic nitrogens is 2. The fourth-order valence-electron chi connectivity index (χ4n) is 1.64. The van der Waals surface area contributed by atoms with Crippen LogP contribution < -0.4 is 11.1 Å². The van der Waals surface area contributed by atoms with Crippen molar-refractivity contribution in [3.05, 3.63) is 12.4 Å². The fraction of sp³-hybridized carbons (Fsp3) is 0.538.